The fourth-order valence-corrected chi connectivity index (χ4v) is 4.39. The fraction of sp³-hybridized carbons (Fsp3) is 1.00. The van der Waals surface area contributed by atoms with Gasteiger partial charge in [-0.15, -0.1) is 0 Å². The van der Waals surface area contributed by atoms with Crippen LogP contribution in [0.3, 0.4) is 0 Å². The van der Waals surface area contributed by atoms with E-state index in [4.69, 9.17) is 18.8 Å². The molecular weight excluding hydrogens is 303 g/mol. The Morgan fingerprint density at radius 3 is 2.18 bits per heavy atom. The second-order valence-electron chi connectivity index (χ2n) is 6.38. The molecule has 0 saturated carbocycles. The van der Waals surface area contributed by atoms with Gasteiger partial charge in [0.25, 0.3) is 6.55 Å². The Hall–Kier alpha value is -0.335. The Balaban J connectivity index is 1.67. The number of aliphatic hydroxyl groups is 6. The van der Waals surface area contributed by atoms with E-state index in [2.05, 4.69) is 0 Å². The third-order valence-corrected chi connectivity index (χ3v) is 5.46. The van der Waals surface area contributed by atoms with Crippen molar-refractivity contribution in [2.24, 2.45) is 0 Å². The van der Waals surface area contributed by atoms with E-state index in [0.29, 0.717) is 0 Å². The Morgan fingerprint density at radius 2 is 1.68 bits per heavy atom. The van der Waals surface area contributed by atoms with Crippen LogP contribution in [0.2, 0.25) is 5.82 Å². The summed E-state index contributed by atoms with van der Waals surface area (Å²) in [6.45, 7) is -4.05. The predicted molar refractivity (Wildman–Crippen MR) is 66.2 cm³/mol. The SMILES string of the molecule is OC[C@H]1O[C@]2(CO)C([C@@H]1O)[B-]21O[C@H]2[C@H](O)[C@@H](O)O[C@@]2(CO)O1. The summed E-state index contributed by atoms with van der Waals surface area (Å²) in [7, 11) is 0. The minimum Gasteiger partial charge on any atom is -0.558 e. The van der Waals surface area contributed by atoms with Crippen LogP contribution >= 0.6 is 0 Å². The van der Waals surface area contributed by atoms with Crippen LogP contribution in [0.15, 0.2) is 0 Å². The van der Waals surface area contributed by atoms with Crippen LogP contribution in [-0.4, -0.2) is 99.0 Å². The first-order valence-corrected chi connectivity index (χ1v) is 7.16. The normalized spacial score (nSPS) is 62.5. The maximum Gasteiger partial charge on any atom is 0.278 e. The van der Waals surface area contributed by atoms with Crippen molar-refractivity contribution in [1.82, 2.24) is 0 Å². The lowest BCUT2D eigenvalue weighted by molar-refractivity contribution is -0.242. The van der Waals surface area contributed by atoms with Crippen molar-refractivity contribution in [2.75, 3.05) is 19.8 Å². The number of rotatable bonds is 3. The van der Waals surface area contributed by atoms with E-state index in [1.165, 1.54) is 0 Å². The highest BCUT2D eigenvalue weighted by Crippen LogP contribution is 2.72. The number of hydrogen-bond acceptors (Lipinski definition) is 10. The molecule has 0 aliphatic carbocycles. The Kier molecular flexibility index (Phi) is 3.03. The highest BCUT2D eigenvalue weighted by atomic mass is 16.8. The van der Waals surface area contributed by atoms with Gasteiger partial charge in [0.2, 0.25) is 0 Å². The summed E-state index contributed by atoms with van der Waals surface area (Å²) in [5.41, 5.74) is -1.35. The lowest BCUT2D eigenvalue weighted by Crippen LogP contribution is -2.48. The molecule has 0 bridgehead atoms. The van der Waals surface area contributed by atoms with Crippen molar-refractivity contribution >= 4 is 6.55 Å². The lowest BCUT2D eigenvalue weighted by Gasteiger charge is -2.35. The van der Waals surface area contributed by atoms with Gasteiger partial charge in [0.15, 0.2) is 12.1 Å². The van der Waals surface area contributed by atoms with Gasteiger partial charge in [-0.2, -0.15) is 0 Å². The molecule has 2 unspecified atom stereocenters. The van der Waals surface area contributed by atoms with Crippen molar-refractivity contribution < 1.29 is 49.4 Å². The molecule has 9 atom stereocenters. The van der Waals surface area contributed by atoms with Crippen LogP contribution < -0.4 is 0 Å². The van der Waals surface area contributed by atoms with Crippen molar-refractivity contribution in [3.8, 4) is 0 Å². The maximum absolute atomic E-state index is 10.2. The van der Waals surface area contributed by atoms with E-state index < -0.39 is 74.2 Å². The molecule has 4 saturated heterocycles. The molecule has 6 N–H and O–H groups in total. The summed E-state index contributed by atoms with van der Waals surface area (Å²) >= 11 is 0. The predicted octanol–water partition coefficient (Wildman–Crippen LogP) is -4.35. The lowest BCUT2D eigenvalue weighted by atomic mass is 9.71. The smallest absolute Gasteiger partial charge is 0.278 e. The van der Waals surface area contributed by atoms with Gasteiger partial charge in [0.1, 0.15) is 12.2 Å². The molecule has 0 aromatic heterocycles. The maximum atomic E-state index is 10.2. The molecule has 10 nitrogen and oxygen atoms in total. The van der Waals surface area contributed by atoms with E-state index in [-0.39, 0.29) is 0 Å². The average molecular weight is 321 g/mol. The van der Waals surface area contributed by atoms with Crippen LogP contribution in [0, 0.1) is 0 Å². The number of hydrogen-bond donors (Lipinski definition) is 6. The summed E-state index contributed by atoms with van der Waals surface area (Å²) in [4.78, 5) is 0. The zero-order chi connectivity index (χ0) is 15.9. The summed E-state index contributed by atoms with van der Waals surface area (Å²) in [6.07, 6.45) is -6.21. The van der Waals surface area contributed by atoms with Gasteiger partial charge >= 0.3 is 0 Å². The van der Waals surface area contributed by atoms with Gasteiger partial charge in [0, 0.05) is 12.1 Å². The molecule has 1 spiro atoms. The molecule has 4 heterocycles. The van der Waals surface area contributed by atoms with E-state index in [1.807, 2.05) is 0 Å². The van der Waals surface area contributed by atoms with Crippen molar-refractivity contribution in [3.05, 3.63) is 0 Å². The van der Waals surface area contributed by atoms with E-state index in [0.717, 1.165) is 0 Å². The first kappa shape index (κ1) is 15.2. The molecule has 11 heteroatoms. The van der Waals surface area contributed by atoms with Crippen LogP contribution in [0.4, 0.5) is 0 Å². The molecule has 0 radical (unpaired) electrons. The standard InChI is InChI=1S/C11H18BO10/c13-1-4-5(16)7-10(2-14,19-4)12(7)21-8-6(17)9(18)20-11(8,3-15)22-12/h4-9,13-18H,1-3H2/q-1/t4-,5-,6+,7?,8+,9+,10-,11+,12?/m1/s1. The largest absolute Gasteiger partial charge is 0.558 e. The monoisotopic (exact) mass is 321 g/mol. The Morgan fingerprint density at radius 1 is 0.955 bits per heavy atom. The minimum absolute atomic E-state index is 0.433. The molecule has 126 valence electrons. The zero-order valence-corrected chi connectivity index (χ0v) is 11.5. The Labute approximate surface area is 124 Å². The number of fused-ring (bicyclic) bond motifs is 4. The van der Waals surface area contributed by atoms with Crippen LogP contribution in [0.1, 0.15) is 0 Å². The first-order valence-electron chi connectivity index (χ1n) is 7.16. The summed E-state index contributed by atoms with van der Waals surface area (Å²) in [6, 6.07) is 0. The third kappa shape index (κ3) is 1.41. The summed E-state index contributed by atoms with van der Waals surface area (Å²) in [5, 5.41) is 58.1. The van der Waals surface area contributed by atoms with Gasteiger partial charge in [-0.1, -0.05) is 5.82 Å². The van der Waals surface area contributed by atoms with Gasteiger partial charge in [-0.25, -0.2) is 0 Å². The van der Waals surface area contributed by atoms with Crippen LogP contribution in [0.5, 0.6) is 0 Å². The third-order valence-electron chi connectivity index (χ3n) is 5.46. The molecule has 0 aromatic carbocycles. The number of ether oxygens (including phenoxy) is 2. The molecule has 0 amide bonds. The van der Waals surface area contributed by atoms with Crippen LogP contribution in [0.25, 0.3) is 0 Å². The molecule has 4 aliphatic heterocycles. The summed E-state index contributed by atoms with van der Waals surface area (Å²) < 4.78 is 22.1. The van der Waals surface area contributed by atoms with E-state index in [1.54, 1.807) is 0 Å². The molecule has 4 aliphatic rings. The minimum atomic E-state index is -2.40. The van der Waals surface area contributed by atoms with Crippen LogP contribution in [-0.2, 0) is 18.8 Å². The first-order chi connectivity index (χ1) is 10.4. The molecule has 22 heavy (non-hydrogen) atoms. The second-order valence-corrected chi connectivity index (χ2v) is 6.38. The Bertz CT molecular complexity index is 493. The van der Waals surface area contributed by atoms with Crippen molar-refractivity contribution in [3.63, 3.8) is 0 Å². The second kappa shape index (κ2) is 4.39. The summed E-state index contributed by atoms with van der Waals surface area (Å²) in [5.74, 6) is -2.53. The van der Waals surface area contributed by atoms with Gasteiger partial charge in [-0.05, 0) is 0 Å². The molecule has 0 aromatic rings. The molecule has 4 fully saturated rings. The topological polar surface area (TPSA) is 158 Å². The van der Waals surface area contributed by atoms with E-state index >= 15 is 0 Å². The highest BCUT2D eigenvalue weighted by molar-refractivity contribution is 6.85. The van der Waals surface area contributed by atoms with Gasteiger partial charge < -0.3 is 49.4 Å². The van der Waals surface area contributed by atoms with Crippen molar-refractivity contribution in [1.29, 1.82) is 0 Å². The highest BCUT2D eigenvalue weighted by Gasteiger charge is 2.86. The van der Waals surface area contributed by atoms with Gasteiger partial charge in [0.05, 0.1) is 25.4 Å². The molecular formula is C11H18BO10-. The molecule has 4 rings (SSSR count). The quantitative estimate of drug-likeness (QED) is 0.281. The average Bonchev–Trinajstić information content (AvgIpc) is 2.75. The number of aliphatic hydroxyl groups excluding tert-OH is 6. The van der Waals surface area contributed by atoms with E-state index in [9.17, 15) is 30.6 Å². The van der Waals surface area contributed by atoms with Crippen molar-refractivity contribution in [2.45, 2.75) is 47.8 Å². The van der Waals surface area contributed by atoms with Gasteiger partial charge in [-0.3, -0.25) is 0 Å². The zero-order valence-electron chi connectivity index (χ0n) is 11.5. The fourth-order valence-electron chi connectivity index (χ4n) is 4.39.